The predicted molar refractivity (Wildman–Crippen MR) is 317 cm³/mol. The van der Waals surface area contributed by atoms with Gasteiger partial charge in [0.15, 0.2) is 11.5 Å². The van der Waals surface area contributed by atoms with E-state index < -0.39 is 42.6 Å². The van der Waals surface area contributed by atoms with Crippen LogP contribution in [0.2, 0.25) is 0 Å². The van der Waals surface area contributed by atoms with E-state index >= 15 is 0 Å². The molecule has 12 nitrogen and oxygen atoms in total. The first-order valence-electron chi connectivity index (χ1n) is 28.4. The minimum absolute atomic E-state index is 0.136. The van der Waals surface area contributed by atoms with E-state index in [9.17, 15) is 30.7 Å². The van der Waals surface area contributed by atoms with Gasteiger partial charge in [-0.05, 0) is 165 Å². The van der Waals surface area contributed by atoms with Crippen molar-refractivity contribution >= 4 is 70.2 Å². The Hall–Kier alpha value is -5.58. The van der Waals surface area contributed by atoms with E-state index in [1.165, 1.54) is 33.0 Å². The van der Waals surface area contributed by atoms with Crippen LogP contribution in [-0.2, 0) is 31.1 Å². The molecule has 3 aliphatic rings. The highest BCUT2D eigenvalue weighted by molar-refractivity contribution is 7.85. The number of quaternary nitrogens is 1. The number of fused-ring (bicyclic) bond motifs is 6. The second-order valence-electron chi connectivity index (χ2n) is 22.4. The van der Waals surface area contributed by atoms with Crippen molar-refractivity contribution in [1.29, 1.82) is 0 Å². The molecule has 5 aromatic carbocycles. The molecule has 14 heteroatoms. The summed E-state index contributed by atoms with van der Waals surface area (Å²) in [5, 5.41) is 11.6. The number of nitrogens with zero attached hydrogens (tertiary/aromatic N) is 2. The number of allylic oxidation sites excluding steroid dienone is 8. The molecule has 0 aromatic heterocycles. The summed E-state index contributed by atoms with van der Waals surface area (Å²) in [7, 11) is -8.69. The molecule has 0 unspecified atom stereocenters. The van der Waals surface area contributed by atoms with Crippen LogP contribution >= 0.6 is 0 Å². The van der Waals surface area contributed by atoms with Gasteiger partial charge in [-0.1, -0.05) is 105 Å². The lowest BCUT2D eigenvalue weighted by Crippen LogP contribution is -2.51. The van der Waals surface area contributed by atoms with Crippen molar-refractivity contribution in [2.75, 3.05) is 62.2 Å². The summed E-state index contributed by atoms with van der Waals surface area (Å²) in [6.07, 6.45) is 18.8. The maximum atomic E-state index is 13.7. The van der Waals surface area contributed by atoms with Gasteiger partial charge in [-0.3, -0.25) is 4.79 Å². The van der Waals surface area contributed by atoms with E-state index in [0.717, 1.165) is 129 Å². The Kier molecular flexibility index (Phi) is 19.6. The van der Waals surface area contributed by atoms with Crippen LogP contribution < -0.4 is 21.3 Å². The molecule has 0 bridgehead atoms. The first-order valence-corrected chi connectivity index (χ1v) is 31.6. The number of benzene rings is 5. The quantitative estimate of drug-likeness (QED) is 0.0188. The lowest BCUT2D eigenvalue weighted by atomic mass is 9.78. The molecule has 8 rings (SSSR count). The highest BCUT2D eigenvalue weighted by Crippen LogP contribution is 2.51. The zero-order valence-corrected chi connectivity index (χ0v) is 48.0. The van der Waals surface area contributed by atoms with Crippen molar-refractivity contribution in [3.8, 4) is 0 Å². The van der Waals surface area contributed by atoms with E-state index in [0.29, 0.717) is 37.9 Å². The molecule has 2 heterocycles. The highest BCUT2D eigenvalue weighted by Gasteiger charge is 2.46. The summed E-state index contributed by atoms with van der Waals surface area (Å²) in [6, 6.07) is 33.6. The first-order chi connectivity index (χ1) is 37.4. The fourth-order valence-electron chi connectivity index (χ4n) is 12.1. The second kappa shape index (κ2) is 26.1. The number of ketones is 1. The maximum absolute atomic E-state index is 13.7. The molecule has 416 valence electrons. The number of Topliss-reactive ketones (excluding diaryl/α,β-unsaturated/α-hetero) is 1. The van der Waals surface area contributed by atoms with E-state index in [1.54, 1.807) is 0 Å². The molecule has 0 saturated heterocycles. The molecule has 0 fully saturated rings. The lowest BCUT2D eigenvalue weighted by molar-refractivity contribution is -0.438. The minimum atomic E-state index is -4.34. The van der Waals surface area contributed by atoms with Crippen LogP contribution in [0.15, 0.2) is 138 Å². The Labute approximate surface area is 464 Å². The zero-order valence-electron chi connectivity index (χ0n) is 46.4. The van der Waals surface area contributed by atoms with Crippen molar-refractivity contribution in [3.05, 3.63) is 160 Å². The third-order valence-electron chi connectivity index (χ3n) is 16.0. The van der Waals surface area contributed by atoms with Gasteiger partial charge in [0.2, 0.25) is 5.69 Å². The van der Waals surface area contributed by atoms with Crippen LogP contribution in [0.4, 0.5) is 11.4 Å². The van der Waals surface area contributed by atoms with Gasteiger partial charge < -0.3 is 30.4 Å². The summed E-state index contributed by atoms with van der Waals surface area (Å²) in [5.41, 5.74) is 15.0. The van der Waals surface area contributed by atoms with Crippen LogP contribution in [0.1, 0.15) is 138 Å². The van der Waals surface area contributed by atoms with Gasteiger partial charge in [0.1, 0.15) is 6.54 Å². The summed E-state index contributed by atoms with van der Waals surface area (Å²) >= 11 is 0. The van der Waals surface area contributed by atoms with Crippen molar-refractivity contribution in [2.24, 2.45) is 0 Å². The molecular weight excluding hydrogens is 1010 g/mol. The fourth-order valence-corrected chi connectivity index (χ4v) is 13.3. The lowest BCUT2D eigenvalue weighted by Gasteiger charge is -2.28. The number of carbonyl (C=O) groups is 1. The van der Waals surface area contributed by atoms with E-state index in [1.807, 2.05) is 12.1 Å². The van der Waals surface area contributed by atoms with Gasteiger partial charge >= 0.3 is 0 Å². The van der Waals surface area contributed by atoms with E-state index in [4.69, 9.17) is 0 Å². The maximum Gasteiger partial charge on any atom is 0.210 e. The number of rotatable bonds is 28. The Morgan fingerprint density at radius 1 is 0.654 bits per heavy atom. The fraction of sp³-hybridized carbons (Fsp3) is 0.438. The predicted octanol–water partition coefficient (Wildman–Crippen LogP) is 10.8. The number of hydrogen-bond acceptors (Lipinski definition) is 10. The Morgan fingerprint density at radius 3 is 1.91 bits per heavy atom. The summed E-state index contributed by atoms with van der Waals surface area (Å²) in [4.78, 5) is 16.0. The summed E-state index contributed by atoms with van der Waals surface area (Å²) < 4.78 is 72.3. The normalized spacial score (nSPS) is 17.4. The molecule has 78 heavy (non-hydrogen) atoms. The Bertz CT molecular complexity index is 3350. The average molecular weight is 1100 g/mol. The molecule has 0 amide bonds. The molecule has 2 aliphatic heterocycles. The third kappa shape index (κ3) is 14.2. The number of hydrogen-bond donors (Lipinski definition) is 3. The number of carbonyl (C=O) groups excluding carboxylic acids is 1. The topological polar surface area (TPSA) is 189 Å². The van der Waals surface area contributed by atoms with Crippen LogP contribution in [0.3, 0.4) is 0 Å². The monoisotopic (exact) mass is 1100 g/mol. The van der Waals surface area contributed by atoms with Gasteiger partial charge in [-0.2, -0.15) is 4.58 Å². The SMILES string of the molecule is CC1(C)C(/C=C/C2=C(c3ccc(C(=O)CCCCNCCCCNCCC[NH3+])cc3)C(=C/C=C3/N(CCCCS(=O)(=O)[O-])c4ccc5ccccc5c4C3(C)C)/CCC2)=[N+](CCCCS(=O)(=O)[O-])c2ccc3ccccc3c21. The Morgan fingerprint density at radius 2 is 1.26 bits per heavy atom. The number of anilines is 1. The molecule has 0 atom stereocenters. The molecular formula is C64H81N5O7S2. The van der Waals surface area contributed by atoms with Gasteiger partial charge in [0, 0.05) is 83.9 Å². The number of unbranched alkanes of at least 4 members (excludes halogenated alkanes) is 4. The van der Waals surface area contributed by atoms with Crippen LogP contribution in [-0.4, -0.2) is 99.3 Å². The molecule has 0 saturated carbocycles. The Balaban J connectivity index is 1.14. The van der Waals surface area contributed by atoms with E-state index in [2.05, 4.69) is 163 Å². The first kappa shape index (κ1) is 58.6. The van der Waals surface area contributed by atoms with Crippen LogP contribution in [0, 0.1) is 0 Å². The summed E-state index contributed by atoms with van der Waals surface area (Å²) in [6.45, 7) is 15.0. The second-order valence-corrected chi connectivity index (χ2v) is 25.5. The molecule has 5 aromatic rings. The van der Waals surface area contributed by atoms with Gasteiger partial charge in [0.25, 0.3) is 0 Å². The largest absolute Gasteiger partial charge is 0.748 e. The molecule has 5 N–H and O–H groups in total. The van der Waals surface area contributed by atoms with Crippen molar-refractivity contribution < 1.29 is 41.0 Å². The third-order valence-corrected chi connectivity index (χ3v) is 17.6. The van der Waals surface area contributed by atoms with Crippen molar-refractivity contribution in [1.82, 2.24) is 10.6 Å². The van der Waals surface area contributed by atoms with Crippen molar-refractivity contribution in [3.63, 3.8) is 0 Å². The molecule has 0 radical (unpaired) electrons. The molecule has 1 aliphatic carbocycles. The summed E-state index contributed by atoms with van der Waals surface area (Å²) in [5.74, 6) is -0.663. The standard InChI is InChI=1S/C64H81N5O7S2/c1-63(2)58(68(43-13-15-45-77(71,72)73)55-34-30-47-19-5-7-23-53(47)61(55)63)36-32-50-21-17-22-51(60(50)52-28-26-49(27-29-52)57(70)25-9-10-39-66-40-11-12-41-67-42-18-38-65)33-37-59-64(3,4)62-54-24-8-6-20-48(54)31-35-56(62)69(59)44-14-16-46-78(74,75)76/h5-8,19-20,23-24,26-37,66-67H,9-18,21-22,25,38-46,65H2,1-4H3,(H-,71,72,73,74,75,76). The van der Waals surface area contributed by atoms with Crippen LogP contribution in [0.5, 0.6) is 0 Å². The minimum Gasteiger partial charge on any atom is -0.748 e. The van der Waals surface area contributed by atoms with Gasteiger partial charge in [0.05, 0.1) is 32.2 Å². The number of nitrogens with one attached hydrogen (secondary N) is 2. The van der Waals surface area contributed by atoms with Gasteiger partial charge in [-0.25, -0.2) is 16.8 Å². The molecule has 0 spiro atoms. The van der Waals surface area contributed by atoms with E-state index in [-0.39, 0.29) is 18.6 Å². The average Bonchev–Trinajstić information content (AvgIpc) is 3.91. The highest BCUT2D eigenvalue weighted by atomic mass is 32.2. The van der Waals surface area contributed by atoms with Crippen LogP contribution in [0.25, 0.3) is 27.1 Å². The zero-order chi connectivity index (χ0) is 55.5. The van der Waals surface area contributed by atoms with Crippen molar-refractivity contribution in [2.45, 2.75) is 122 Å². The van der Waals surface area contributed by atoms with Gasteiger partial charge in [-0.15, -0.1) is 0 Å². The smallest absolute Gasteiger partial charge is 0.210 e.